The van der Waals surface area contributed by atoms with Crippen LogP contribution in [-0.4, -0.2) is 122 Å². The average molecular weight is 607 g/mol. The molecule has 0 bridgehead atoms. The Morgan fingerprint density at radius 3 is 2.44 bits per heavy atom. The average Bonchev–Trinajstić information content (AvgIpc) is 3.67. The monoisotopic (exact) mass is 606 g/mol. The number of piperazine rings is 2. The van der Waals surface area contributed by atoms with Crippen molar-refractivity contribution in [2.24, 2.45) is 28.2 Å². The summed E-state index contributed by atoms with van der Waals surface area (Å²) in [6.45, 7) is 3.92. The fraction of sp³-hybridized carbons (Fsp3) is 0.871. The molecular weight excluding hydrogens is 554 g/mol. The van der Waals surface area contributed by atoms with E-state index in [0.717, 1.165) is 57.9 Å². The third-order valence-electron chi connectivity index (χ3n) is 12.1. The molecular formula is C31H52F2N8O2. The summed E-state index contributed by atoms with van der Waals surface area (Å²) in [5, 5.41) is 9.82. The van der Waals surface area contributed by atoms with Crippen molar-refractivity contribution in [3.05, 3.63) is 11.9 Å². The predicted molar refractivity (Wildman–Crippen MR) is 161 cm³/mol. The fourth-order valence-electron chi connectivity index (χ4n) is 9.96. The highest BCUT2D eigenvalue weighted by Gasteiger charge is 2.60. The summed E-state index contributed by atoms with van der Waals surface area (Å²) in [5.74, 6) is -1.23. The number of carbonyl (C=O) groups excluding carboxylic acids is 2. The second-order valence-corrected chi connectivity index (χ2v) is 14.3. The van der Waals surface area contributed by atoms with E-state index in [-0.39, 0.29) is 53.6 Å². The first-order valence-corrected chi connectivity index (χ1v) is 16.6. The van der Waals surface area contributed by atoms with Gasteiger partial charge in [-0.1, -0.05) is 31.8 Å². The SMILES string of the molecule is CN1CCN2CCN(C3C(F)CNCC3NC(=O)C(C(N)N)C3NC/C(F)=C\CC4(CCCC4)C34CCCC4)CC2C1=O. The first kappa shape index (κ1) is 31.3. The van der Waals surface area contributed by atoms with Gasteiger partial charge < -0.3 is 32.3 Å². The van der Waals surface area contributed by atoms with Crippen LogP contribution in [0, 0.1) is 16.7 Å². The summed E-state index contributed by atoms with van der Waals surface area (Å²) in [4.78, 5) is 33.4. The molecule has 2 spiro atoms. The van der Waals surface area contributed by atoms with Crippen molar-refractivity contribution in [2.45, 2.75) is 94.3 Å². The van der Waals surface area contributed by atoms with E-state index in [1.807, 2.05) is 7.05 Å². The van der Waals surface area contributed by atoms with Gasteiger partial charge in [-0.25, -0.2) is 8.78 Å². The second kappa shape index (κ2) is 12.6. The molecule has 6 rings (SSSR count). The number of halogens is 2. The van der Waals surface area contributed by atoms with Crippen LogP contribution in [0.2, 0.25) is 0 Å². The van der Waals surface area contributed by atoms with Gasteiger partial charge in [0, 0.05) is 65.4 Å². The Labute approximate surface area is 254 Å². The van der Waals surface area contributed by atoms with Crippen LogP contribution in [0.4, 0.5) is 8.78 Å². The van der Waals surface area contributed by atoms with E-state index in [1.54, 1.807) is 11.0 Å². The molecule has 6 aliphatic rings. The lowest BCUT2D eigenvalue weighted by Crippen LogP contribution is -2.72. The number of amides is 2. The molecule has 43 heavy (non-hydrogen) atoms. The van der Waals surface area contributed by atoms with Crippen LogP contribution in [0.5, 0.6) is 0 Å². The molecule has 0 aromatic carbocycles. The Balaban J connectivity index is 1.26. The van der Waals surface area contributed by atoms with E-state index in [9.17, 15) is 14.0 Å². The number of alkyl halides is 1. The van der Waals surface area contributed by atoms with Crippen LogP contribution < -0.4 is 27.4 Å². The van der Waals surface area contributed by atoms with Crippen molar-refractivity contribution >= 4 is 11.8 Å². The highest BCUT2D eigenvalue weighted by molar-refractivity contribution is 5.83. The van der Waals surface area contributed by atoms with E-state index in [2.05, 4.69) is 25.8 Å². The molecule has 2 saturated carbocycles. The quantitative estimate of drug-likeness (QED) is 0.285. The molecule has 0 aromatic rings. The van der Waals surface area contributed by atoms with Crippen molar-refractivity contribution in [3.8, 4) is 0 Å². The number of hydrogen-bond donors (Lipinski definition) is 5. The number of fused-ring (bicyclic) bond motifs is 2. The van der Waals surface area contributed by atoms with Crippen LogP contribution in [0.1, 0.15) is 57.8 Å². The lowest BCUT2D eigenvalue weighted by molar-refractivity contribution is -0.145. The van der Waals surface area contributed by atoms with Gasteiger partial charge in [-0.15, -0.1) is 0 Å². The van der Waals surface area contributed by atoms with Crippen molar-refractivity contribution in [1.29, 1.82) is 0 Å². The maximum Gasteiger partial charge on any atom is 0.241 e. The molecule has 3 saturated heterocycles. The normalized spacial score (nSPS) is 37.2. The standard InChI is InChI=1S/C31H52F2N8O2/c1-39-12-13-40-14-15-41(19-23(40)29(39)43)25-21(33)17-36-18-22(25)38-28(42)24(27(34)35)26-31(9-4-5-10-31)30(7-2-3-8-30)11-6-20(32)16-37-26/h6,21-27,36-37H,2-5,7-19,34-35H2,1H3,(H,38,42)/b20-6+. The first-order valence-electron chi connectivity index (χ1n) is 16.6. The highest BCUT2D eigenvalue weighted by atomic mass is 19.1. The van der Waals surface area contributed by atoms with Gasteiger partial charge in [0.15, 0.2) is 0 Å². The second-order valence-electron chi connectivity index (χ2n) is 14.3. The lowest BCUT2D eigenvalue weighted by atomic mass is 9.53. The predicted octanol–water partition coefficient (Wildman–Crippen LogP) is 0.435. The molecule has 242 valence electrons. The van der Waals surface area contributed by atoms with Gasteiger partial charge in [0.2, 0.25) is 11.8 Å². The smallest absolute Gasteiger partial charge is 0.241 e. The maximum absolute atomic E-state index is 15.8. The number of nitrogens with zero attached hydrogens (tertiary/aromatic N) is 3. The molecule has 4 heterocycles. The van der Waals surface area contributed by atoms with Crippen LogP contribution in [0.15, 0.2) is 11.9 Å². The van der Waals surface area contributed by atoms with E-state index >= 15 is 4.39 Å². The Morgan fingerprint density at radius 1 is 1.05 bits per heavy atom. The van der Waals surface area contributed by atoms with Crippen molar-refractivity contribution in [1.82, 2.24) is 30.7 Å². The summed E-state index contributed by atoms with van der Waals surface area (Å²) in [5.41, 5.74) is 12.6. The van der Waals surface area contributed by atoms with E-state index in [0.29, 0.717) is 39.1 Å². The third-order valence-corrected chi connectivity index (χ3v) is 12.1. The van der Waals surface area contributed by atoms with Gasteiger partial charge in [-0.2, -0.15) is 0 Å². The summed E-state index contributed by atoms with van der Waals surface area (Å²) in [7, 11) is 1.82. The van der Waals surface area contributed by atoms with Crippen molar-refractivity contribution in [3.63, 3.8) is 0 Å². The molecule has 0 aromatic heterocycles. The highest BCUT2D eigenvalue weighted by Crippen LogP contribution is 2.64. The molecule has 2 amide bonds. The number of nitrogens with one attached hydrogen (secondary N) is 3. The molecule has 7 N–H and O–H groups in total. The van der Waals surface area contributed by atoms with Crippen LogP contribution in [0.25, 0.3) is 0 Å². The van der Waals surface area contributed by atoms with E-state index < -0.39 is 30.3 Å². The van der Waals surface area contributed by atoms with Gasteiger partial charge in [0.05, 0.1) is 24.2 Å². The molecule has 10 nitrogen and oxygen atoms in total. The summed E-state index contributed by atoms with van der Waals surface area (Å²) < 4.78 is 30.7. The number of piperidine rings is 1. The van der Waals surface area contributed by atoms with E-state index in [4.69, 9.17) is 11.5 Å². The zero-order chi connectivity index (χ0) is 30.4. The number of nitrogens with two attached hydrogens (primary N) is 2. The number of allylic oxidation sites excluding steroid dienone is 1. The van der Waals surface area contributed by atoms with Gasteiger partial charge >= 0.3 is 0 Å². The minimum absolute atomic E-state index is 0.0489. The van der Waals surface area contributed by atoms with Crippen molar-refractivity contribution < 1.29 is 18.4 Å². The minimum Gasteiger partial charge on any atom is -0.350 e. The zero-order valence-electron chi connectivity index (χ0n) is 25.7. The topological polar surface area (TPSA) is 132 Å². The summed E-state index contributed by atoms with van der Waals surface area (Å²) in [6.07, 6.45) is 8.58. The van der Waals surface area contributed by atoms with Gasteiger partial charge in [-0.3, -0.25) is 19.4 Å². The lowest BCUT2D eigenvalue weighted by Gasteiger charge is -2.55. The largest absolute Gasteiger partial charge is 0.350 e. The zero-order valence-corrected chi connectivity index (χ0v) is 25.7. The molecule has 12 heteroatoms. The Kier molecular flexibility index (Phi) is 9.16. The molecule has 6 unspecified atom stereocenters. The third kappa shape index (κ3) is 5.65. The minimum atomic E-state index is -1.21. The number of carbonyl (C=O) groups is 2. The first-order chi connectivity index (χ1) is 20.7. The molecule has 2 aliphatic carbocycles. The van der Waals surface area contributed by atoms with Gasteiger partial charge in [0.1, 0.15) is 18.0 Å². The van der Waals surface area contributed by atoms with Gasteiger partial charge in [-0.05, 0) is 42.9 Å². The molecule has 0 radical (unpaired) electrons. The summed E-state index contributed by atoms with van der Waals surface area (Å²) >= 11 is 0. The van der Waals surface area contributed by atoms with Crippen LogP contribution in [-0.2, 0) is 9.59 Å². The Bertz CT molecular complexity index is 1060. The Hall–Kier alpha value is -1.70. The number of likely N-dealkylation sites (N-methyl/N-ethyl adjacent to an activating group) is 1. The maximum atomic E-state index is 15.8. The molecule has 4 aliphatic heterocycles. The van der Waals surface area contributed by atoms with Crippen LogP contribution >= 0.6 is 0 Å². The number of hydrogen-bond acceptors (Lipinski definition) is 8. The van der Waals surface area contributed by atoms with Crippen molar-refractivity contribution in [2.75, 3.05) is 59.4 Å². The fourth-order valence-corrected chi connectivity index (χ4v) is 9.96. The summed E-state index contributed by atoms with van der Waals surface area (Å²) in [6, 6.07) is -1.79. The van der Waals surface area contributed by atoms with E-state index in [1.165, 1.54) is 0 Å². The Morgan fingerprint density at radius 2 is 1.72 bits per heavy atom. The molecule has 6 atom stereocenters. The number of rotatable bonds is 5. The van der Waals surface area contributed by atoms with Crippen LogP contribution in [0.3, 0.4) is 0 Å². The van der Waals surface area contributed by atoms with Gasteiger partial charge in [0.25, 0.3) is 0 Å². The molecule has 5 fully saturated rings.